The standard InChI is InChI=1S/C35H41NO10/c1-17-11-12-23-25-15-22-16-34(23,46-20(4)39)31-28(33(41)42-5)30(44-19(3)38)27-24(35(22,31)36(17)25)13-14-26(43-18(2)37)29(27)45-32(40)21-9-7-6-8-10-21/h6-10,17,22-27,29-30H,11-16H2,1-5H3/t17-,22-,23+,24+,25+,26-,27-,29-,30-,34+,35+/m1/s1. The third kappa shape index (κ3) is 4.15. The predicted octanol–water partition coefficient (Wildman–Crippen LogP) is 3.53. The quantitative estimate of drug-likeness (QED) is 0.336. The van der Waals surface area contributed by atoms with Crippen molar-refractivity contribution in [2.75, 3.05) is 7.11 Å². The molecule has 6 aliphatic rings. The molecule has 1 spiro atoms. The molecule has 5 fully saturated rings. The van der Waals surface area contributed by atoms with E-state index >= 15 is 0 Å². The van der Waals surface area contributed by atoms with Gasteiger partial charge in [0.05, 0.1) is 23.8 Å². The van der Waals surface area contributed by atoms with Crippen LogP contribution in [-0.2, 0) is 42.9 Å². The van der Waals surface area contributed by atoms with Crippen molar-refractivity contribution >= 4 is 29.8 Å². The highest BCUT2D eigenvalue weighted by Crippen LogP contribution is 2.76. The number of esters is 5. The van der Waals surface area contributed by atoms with Crippen molar-refractivity contribution in [1.29, 1.82) is 0 Å². The van der Waals surface area contributed by atoms with Crippen LogP contribution in [0.4, 0.5) is 0 Å². The third-order valence-corrected chi connectivity index (χ3v) is 11.8. The summed E-state index contributed by atoms with van der Waals surface area (Å²) in [5.74, 6) is -3.94. The second-order valence-electron chi connectivity index (χ2n) is 13.9. The molecule has 11 heteroatoms. The molecule has 3 heterocycles. The van der Waals surface area contributed by atoms with E-state index in [0.29, 0.717) is 30.4 Å². The summed E-state index contributed by atoms with van der Waals surface area (Å²) in [5.41, 5.74) is -0.623. The van der Waals surface area contributed by atoms with Gasteiger partial charge >= 0.3 is 29.8 Å². The lowest BCUT2D eigenvalue weighted by Crippen LogP contribution is -2.74. The van der Waals surface area contributed by atoms with E-state index in [1.54, 1.807) is 30.3 Å². The molecule has 0 N–H and O–H groups in total. The van der Waals surface area contributed by atoms with Gasteiger partial charge in [0.2, 0.25) is 0 Å². The van der Waals surface area contributed by atoms with E-state index in [9.17, 15) is 24.0 Å². The highest BCUT2D eigenvalue weighted by atomic mass is 16.6. The summed E-state index contributed by atoms with van der Waals surface area (Å²) in [6, 6.07) is 8.82. The average molecular weight is 636 g/mol. The number of methoxy groups -OCH3 is 1. The van der Waals surface area contributed by atoms with Crippen molar-refractivity contribution in [1.82, 2.24) is 4.90 Å². The van der Waals surface area contributed by atoms with Gasteiger partial charge in [0, 0.05) is 50.3 Å². The lowest BCUT2D eigenvalue weighted by molar-refractivity contribution is -0.201. The highest BCUT2D eigenvalue weighted by Gasteiger charge is 2.83. The molecule has 0 amide bonds. The number of nitrogens with zero attached hydrogens (tertiary/aromatic N) is 1. The van der Waals surface area contributed by atoms with E-state index in [0.717, 1.165) is 19.3 Å². The van der Waals surface area contributed by atoms with Crippen LogP contribution in [-0.4, -0.2) is 83.4 Å². The Kier molecular flexibility index (Phi) is 7.34. The normalized spacial score (nSPS) is 41.2. The molecule has 12 atom stereocenters. The first-order valence-corrected chi connectivity index (χ1v) is 16.4. The van der Waals surface area contributed by atoms with Gasteiger partial charge in [0.25, 0.3) is 0 Å². The summed E-state index contributed by atoms with van der Waals surface area (Å²) in [7, 11) is 1.28. The Labute approximate surface area is 267 Å². The summed E-state index contributed by atoms with van der Waals surface area (Å²) in [6.45, 7) is 6.18. The smallest absolute Gasteiger partial charge is 0.338 e. The molecular formula is C35H41NO10. The lowest BCUT2D eigenvalue weighted by atomic mass is 9.52. The number of piperidine rings is 2. The summed E-state index contributed by atoms with van der Waals surface area (Å²) in [5, 5.41) is 0. The molecule has 0 radical (unpaired) electrons. The zero-order chi connectivity index (χ0) is 32.7. The minimum Gasteiger partial charge on any atom is -0.466 e. The number of hydrogen-bond acceptors (Lipinski definition) is 11. The van der Waals surface area contributed by atoms with Crippen LogP contribution in [0.25, 0.3) is 0 Å². The van der Waals surface area contributed by atoms with Gasteiger partial charge in [-0.25, -0.2) is 9.59 Å². The van der Waals surface area contributed by atoms with Crippen molar-refractivity contribution < 1.29 is 47.7 Å². The minimum absolute atomic E-state index is 0.0323. The van der Waals surface area contributed by atoms with Gasteiger partial charge in [-0.2, -0.15) is 0 Å². The molecule has 3 aliphatic carbocycles. The molecule has 1 aromatic rings. The first kappa shape index (κ1) is 30.9. The predicted molar refractivity (Wildman–Crippen MR) is 160 cm³/mol. The summed E-state index contributed by atoms with van der Waals surface area (Å²) in [4.78, 5) is 68.6. The maximum absolute atomic E-state index is 14.1. The number of hydrogen-bond donors (Lipinski definition) is 0. The van der Waals surface area contributed by atoms with Gasteiger partial charge in [0.15, 0.2) is 0 Å². The van der Waals surface area contributed by atoms with Crippen LogP contribution in [0.15, 0.2) is 41.5 Å². The summed E-state index contributed by atoms with van der Waals surface area (Å²) in [6.07, 6.45) is 0.994. The van der Waals surface area contributed by atoms with E-state index in [1.165, 1.54) is 27.9 Å². The second kappa shape index (κ2) is 10.9. The Morgan fingerprint density at radius 3 is 2.17 bits per heavy atom. The molecule has 1 aromatic carbocycles. The molecule has 2 saturated carbocycles. The van der Waals surface area contributed by atoms with Gasteiger partial charge in [-0.1, -0.05) is 18.2 Å². The Morgan fingerprint density at radius 1 is 0.826 bits per heavy atom. The van der Waals surface area contributed by atoms with Crippen molar-refractivity contribution in [2.24, 2.45) is 23.7 Å². The Hall–Kier alpha value is -3.73. The Bertz CT molecular complexity index is 1520. The number of carbonyl (C=O) groups is 5. The van der Waals surface area contributed by atoms with Crippen LogP contribution in [0.2, 0.25) is 0 Å². The Morgan fingerprint density at radius 2 is 1.52 bits per heavy atom. The van der Waals surface area contributed by atoms with Crippen LogP contribution >= 0.6 is 0 Å². The van der Waals surface area contributed by atoms with Gasteiger partial charge < -0.3 is 23.7 Å². The highest BCUT2D eigenvalue weighted by molar-refractivity contribution is 5.94. The van der Waals surface area contributed by atoms with Crippen LogP contribution < -0.4 is 0 Å². The molecule has 3 aliphatic heterocycles. The maximum atomic E-state index is 14.1. The fourth-order valence-corrected chi connectivity index (χ4v) is 11.0. The second-order valence-corrected chi connectivity index (χ2v) is 13.9. The number of benzene rings is 1. The number of ether oxygens (including phenoxy) is 5. The monoisotopic (exact) mass is 635 g/mol. The largest absolute Gasteiger partial charge is 0.466 e. The van der Waals surface area contributed by atoms with E-state index in [2.05, 4.69) is 11.8 Å². The van der Waals surface area contributed by atoms with E-state index in [4.69, 9.17) is 23.7 Å². The zero-order valence-corrected chi connectivity index (χ0v) is 26.9. The fraction of sp³-hybridized carbons (Fsp3) is 0.629. The van der Waals surface area contributed by atoms with E-state index < -0.39 is 65.2 Å². The molecule has 7 rings (SSSR count). The number of rotatable bonds is 6. The average Bonchev–Trinajstić information content (AvgIpc) is 3.41. The molecular weight excluding hydrogens is 594 g/mol. The molecule has 3 saturated heterocycles. The maximum Gasteiger partial charge on any atom is 0.338 e. The van der Waals surface area contributed by atoms with Crippen LogP contribution in [0.5, 0.6) is 0 Å². The van der Waals surface area contributed by atoms with Gasteiger partial charge in [0.1, 0.15) is 23.9 Å². The van der Waals surface area contributed by atoms with Gasteiger partial charge in [-0.05, 0) is 69.4 Å². The Balaban J connectivity index is 1.49. The van der Waals surface area contributed by atoms with Crippen LogP contribution in [0.1, 0.15) is 76.6 Å². The minimum atomic E-state index is -1.20. The van der Waals surface area contributed by atoms with Crippen LogP contribution in [0, 0.1) is 23.7 Å². The zero-order valence-electron chi connectivity index (χ0n) is 26.9. The molecule has 46 heavy (non-hydrogen) atoms. The van der Waals surface area contributed by atoms with Crippen molar-refractivity contribution in [2.45, 2.75) is 108 Å². The fourth-order valence-electron chi connectivity index (χ4n) is 11.0. The van der Waals surface area contributed by atoms with E-state index in [1.807, 2.05) is 0 Å². The lowest BCUT2D eigenvalue weighted by Gasteiger charge is -2.65. The molecule has 1 unspecified atom stereocenters. The topological polar surface area (TPSA) is 135 Å². The van der Waals surface area contributed by atoms with Gasteiger partial charge in [-0.15, -0.1) is 0 Å². The van der Waals surface area contributed by atoms with E-state index in [-0.39, 0.29) is 35.4 Å². The van der Waals surface area contributed by atoms with Crippen molar-refractivity contribution in [3.05, 3.63) is 47.0 Å². The first-order chi connectivity index (χ1) is 21.9. The number of fused-ring (bicyclic) bond motifs is 2. The third-order valence-electron chi connectivity index (χ3n) is 11.8. The first-order valence-electron chi connectivity index (χ1n) is 16.4. The van der Waals surface area contributed by atoms with Gasteiger partial charge in [-0.3, -0.25) is 19.3 Å². The SMILES string of the molecule is COC(=O)C1=C2[C@]3([C@@H]4C[C@H]5[C@H](CC[C@@H](C)N53)[C@@]2(OC(C)=O)C4)[C@H]2CC[C@@H](OC(C)=O)[C@@H](OC(=O)c3ccccc3)[C@@H]2[C@H]1OC(C)=O. The van der Waals surface area contributed by atoms with Crippen LogP contribution in [0.3, 0.4) is 0 Å². The summed E-state index contributed by atoms with van der Waals surface area (Å²) < 4.78 is 30.1. The summed E-state index contributed by atoms with van der Waals surface area (Å²) >= 11 is 0. The number of carbonyl (C=O) groups excluding carboxylic acids is 5. The molecule has 5 bridgehead atoms. The molecule has 0 aromatic heterocycles. The van der Waals surface area contributed by atoms with Crippen molar-refractivity contribution in [3.63, 3.8) is 0 Å². The molecule has 11 nitrogen and oxygen atoms in total. The molecule has 246 valence electrons. The van der Waals surface area contributed by atoms with Crippen molar-refractivity contribution in [3.8, 4) is 0 Å².